The summed E-state index contributed by atoms with van der Waals surface area (Å²) in [6, 6.07) is 5.76. The number of nitrogens with zero attached hydrogens (tertiary/aromatic N) is 4. The Morgan fingerprint density at radius 2 is 2.15 bits per heavy atom. The van der Waals surface area contributed by atoms with E-state index in [2.05, 4.69) is 31.2 Å². The number of ether oxygens (including phenoxy) is 1. The fourth-order valence-electron chi connectivity index (χ4n) is 2.69. The van der Waals surface area contributed by atoms with Gasteiger partial charge in [-0.15, -0.1) is 0 Å². The second-order valence-electron chi connectivity index (χ2n) is 5.78. The van der Waals surface area contributed by atoms with Gasteiger partial charge in [0.15, 0.2) is 0 Å². The molecule has 9 nitrogen and oxygen atoms in total. The van der Waals surface area contributed by atoms with E-state index in [4.69, 9.17) is 4.74 Å². The van der Waals surface area contributed by atoms with E-state index in [1.54, 1.807) is 0 Å². The second-order valence-corrected chi connectivity index (χ2v) is 6.69. The maximum absolute atomic E-state index is 12.3. The van der Waals surface area contributed by atoms with E-state index in [9.17, 15) is 14.9 Å². The summed E-state index contributed by atoms with van der Waals surface area (Å²) in [4.78, 5) is 24.7. The Morgan fingerprint density at radius 3 is 2.85 bits per heavy atom. The number of anilines is 2. The third-order valence-electron chi connectivity index (χ3n) is 3.98. The van der Waals surface area contributed by atoms with Crippen LogP contribution in [0.1, 0.15) is 6.42 Å². The molecule has 1 saturated heterocycles. The number of rotatable bonds is 6. The number of hydrogen-bond acceptors (Lipinski definition) is 6. The lowest BCUT2D eigenvalue weighted by atomic mass is 10.2. The highest BCUT2D eigenvalue weighted by atomic mass is 79.9. The number of nitro groups is 1. The summed E-state index contributed by atoms with van der Waals surface area (Å²) in [5, 5.41) is 17.5. The zero-order valence-corrected chi connectivity index (χ0v) is 15.5. The van der Waals surface area contributed by atoms with Gasteiger partial charge in [-0.05, 0) is 18.2 Å². The van der Waals surface area contributed by atoms with Crippen molar-refractivity contribution in [1.29, 1.82) is 0 Å². The van der Waals surface area contributed by atoms with Crippen molar-refractivity contribution in [2.24, 2.45) is 0 Å². The predicted octanol–water partition coefficient (Wildman–Crippen LogP) is 2.42. The first kappa shape index (κ1) is 18.3. The smallest absolute Gasteiger partial charge is 0.306 e. The van der Waals surface area contributed by atoms with Crippen molar-refractivity contribution in [2.75, 3.05) is 36.5 Å². The Hall–Kier alpha value is -2.46. The van der Waals surface area contributed by atoms with Crippen molar-refractivity contribution in [3.63, 3.8) is 0 Å². The summed E-state index contributed by atoms with van der Waals surface area (Å²) >= 11 is 3.43. The van der Waals surface area contributed by atoms with Crippen molar-refractivity contribution in [1.82, 2.24) is 9.78 Å². The number of aryl methyl sites for hydroxylation is 1. The van der Waals surface area contributed by atoms with Crippen molar-refractivity contribution >= 4 is 38.9 Å². The average molecular weight is 424 g/mol. The highest BCUT2D eigenvalue weighted by Gasteiger charge is 2.17. The maximum Gasteiger partial charge on any atom is 0.306 e. The first-order valence-corrected chi connectivity index (χ1v) is 8.91. The molecule has 2 aromatic rings. The number of carbonyl (C=O) groups excluding carboxylic acids is 1. The molecule has 1 aromatic carbocycles. The minimum absolute atomic E-state index is 0.0907. The molecule has 0 unspecified atom stereocenters. The van der Waals surface area contributed by atoms with Gasteiger partial charge >= 0.3 is 5.69 Å². The predicted molar refractivity (Wildman–Crippen MR) is 99.3 cm³/mol. The molecule has 1 aliphatic heterocycles. The van der Waals surface area contributed by atoms with E-state index >= 15 is 0 Å². The molecular formula is C16H18BrN5O4. The normalized spacial score (nSPS) is 14.3. The lowest BCUT2D eigenvalue weighted by Gasteiger charge is -2.30. The molecule has 0 atom stereocenters. The van der Waals surface area contributed by atoms with Crippen LogP contribution in [0.2, 0.25) is 0 Å². The van der Waals surface area contributed by atoms with Gasteiger partial charge in [0.2, 0.25) is 5.91 Å². The van der Waals surface area contributed by atoms with Crippen LogP contribution in [0.5, 0.6) is 0 Å². The fraction of sp³-hybridized carbons (Fsp3) is 0.375. The molecule has 3 rings (SSSR count). The van der Waals surface area contributed by atoms with Crippen LogP contribution in [0.25, 0.3) is 0 Å². The molecule has 1 amide bonds. The van der Waals surface area contributed by atoms with Crippen molar-refractivity contribution < 1.29 is 14.5 Å². The summed E-state index contributed by atoms with van der Waals surface area (Å²) in [6.07, 6.45) is 2.64. The van der Waals surface area contributed by atoms with Crippen LogP contribution in [-0.4, -0.2) is 46.9 Å². The highest BCUT2D eigenvalue weighted by Crippen LogP contribution is 2.30. The minimum atomic E-state index is -0.514. The third-order valence-corrected chi connectivity index (χ3v) is 4.48. The molecule has 0 saturated carbocycles. The Kier molecular flexibility index (Phi) is 5.84. The molecule has 0 aliphatic carbocycles. The molecule has 10 heteroatoms. The Labute approximate surface area is 158 Å². The van der Waals surface area contributed by atoms with Gasteiger partial charge in [0.1, 0.15) is 12.4 Å². The summed E-state index contributed by atoms with van der Waals surface area (Å²) in [5.41, 5.74) is 1.57. The zero-order valence-electron chi connectivity index (χ0n) is 13.9. The van der Waals surface area contributed by atoms with Crippen LogP contribution >= 0.6 is 15.9 Å². The van der Waals surface area contributed by atoms with Crippen molar-refractivity contribution in [2.45, 2.75) is 13.0 Å². The van der Waals surface area contributed by atoms with Gasteiger partial charge in [-0.3, -0.25) is 19.6 Å². The van der Waals surface area contributed by atoms with Gasteiger partial charge in [0.05, 0.1) is 29.5 Å². The Balaban J connectivity index is 1.64. The highest BCUT2D eigenvalue weighted by molar-refractivity contribution is 9.10. The lowest BCUT2D eigenvalue weighted by Crippen LogP contribution is -2.36. The van der Waals surface area contributed by atoms with Crippen LogP contribution in [0.15, 0.2) is 35.1 Å². The summed E-state index contributed by atoms with van der Waals surface area (Å²) in [5.74, 6) is -0.184. The first-order chi connectivity index (χ1) is 12.5. The molecule has 0 radical (unpaired) electrons. The van der Waals surface area contributed by atoms with Crippen molar-refractivity contribution in [3.8, 4) is 0 Å². The number of amides is 1. The number of morpholine rings is 1. The zero-order chi connectivity index (χ0) is 18.5. The molecule has 0 spiro atoms. The molecule has 0 bridgehead atoms. The Bertz CT molecular complexity index is 804. The van der Waals surface area contributed by atoms with E-state index < -0.39 is 4.92 Å². The summed E-state index contributed by atoms with van der Waals surface area (Å²) in [7, 11) is 0. The number of benzene rings is 1. The van der Waals surface area contributed by atoms with E-state index in [0.717, 1.165) is 28.9 Å². The molecule has 2 heterocycles. The largest absolute Gasteiger partial charge is 0.378 e. The van der Waals surface area contributed by atoms with Gasteiger partial charge in [-0.2, -0.15) is 5.10 Å². The lowest BCUT2D eigenvalue weighted by molar-refractivity contribution is -0.385. The maximum atomic E-state index is 12.3. The molecule has 1 fully saturated rings. The average Bonchev–Trinajstić information content (AvgIpc) is 3.10. The van der Waals surface area contributed by atoms with Gasteiger partial charge in [0.25, 0.3) is 0 Å². The SMILES string of the molecule is O=C(CCn1cc([N+](=O)[O-])cn1)Nc1cc(Br)ccc1N1CCOCC1. The standard InChI is InChI=1S/C16H18BrN5O4/c17-12-1-2-15(20-5-7-26-8-6-20)14(9-12)19-16(23)3-4-21-11-13(10-18-21)22(24)25/h1-2,9-11H,3-8H2,(H,19,23). The van der Waals surface area contributed by atoms with E-state index in [1.807, 2.05) is 18.2 Å². The quantitative estimate of drug-likeness (QED) is 0.565. The second kappa shape index (κ2) is 8.28. The van der Waals surface area contributed by atoms with Crippen LogP contribution < -0.4 is 10.2 Å². The van der Waals surface area contributed by atoms with E-state index in [1.165, 1.54) is 17.1 Å². The van der Waals surface area contributed by atoms with Crippen LogP contribution in [-0.2, 0) is 16.1 Å². The Morgan fingerprint density at radius 1 is 1.38 bits per heavy atom. The third kappa shape index (κ3) is 4.58. The molecule has 1 N–H and O–H groups in total. The fourth-order valence-corrected chi connectivity index (χ4v) is 3.05. The number of nitrogens with one attached hydrogen (secondary N) is 1. The van der Waals surface area contributed by atoms with E-state index in [0.29, 0.717) is 13.2 Å². The number of aromatic nitrogens is 2. The van der Waals surface area contributed by atoms with Gasteiger partial charge in [0, 0.05) is 30.5 Å². The van der Waals surface area contributed by atoms with Gasteiger partial charge < -0.3 is 15.0 Å². The first-order valence-electron chi connectivity index (χ1n) is 8.12. The molecule has 1 aromatic heterocycles. The van der Waals surface area contributed by atoms with Crippen molar-refractivity contribution in [3.05, 3.63) is 45.2 Å². The van der Waals surface area contributed by atoms with E-state index in [-0.39, 0.29) is 24.6 Å². The summed E-state index contributed by atoms with van der Waals surface area (Å²) in [6.45, 7) is 3.10. The number of carbonyl (C=O) groups is 1. The number of hydrogen-bond donors (Lipinski definition) is 1. The monoisotopic (exact) mass is 423 g/mol. The molecule has 26 heavy (non-hydrogen) atoms. The minimum Gasteiger partial charge on any atom is -0.378 e. The molecule has 138 valence electrons. The molecule has 1 aliphatic rings. The van der Waals surface area contributed by atoms with Gasteiger partial charge in [-0.1, -0.05) is 15.9 Å². The van der Waals surface area contributed by atoms with Gasteiger partial charge in [-0.25, -0.2) is 0 Å². The topological polar surface area (TPSA) is 103 Å². The van der Waals surface area contributed by atoms with Crippen LogP contribution in [0.3, 0.4) is 0 Å². The van der Waals surface area contributed by atoms with Crippen LogP contribution in [0, 0.1) is 10.1 Å². The number of halogens is 1. The molecular weight excluding hydrogens is 406 g/mol. The summed E-state index contributed by atoms with van der Waals surface area (Å²) < 4.78 is 7.63. The van der Waals surface area contributed by atoms with Crippen LogP contribution in [0.4, 0.5) is 17.1 Å².